The van der Waals surface area contributed by atoms with Crippen LogP contribution in [0.25, 0.3) is 0 Å². The Labute approximate surface area is 167 Å². The second kappa shape index (κ2) is 8.38. The largest absolute Gasteiger partial charge is 0.318 e. The lowest BCUT2D eigenvalue weighted by atomic mass is 10.4. The van der Waals surface area contributed by atoms with Gasteiger partial charge in [-0.25, -0.2) is 0 Å². The summed E-state index contributed by atoms with van der Waals surface area (Å²) < 4.78 is 41.4. The molecule has 0 radical (unpaired) electrons. The number of rotatable bonds is 7. The van der Waals surface area contributed by atoms with Crippen LogP contribution in [-0.2, 0) is 13.7 Å². The molecule has 2 atom stereocenters. The normalized spacial score (nSPS) is 17.8. The fourth-order valence-electron chi connectivity index (χ4n) is 3.43. The molecule has 0 aliphatic rings. The van der Waals surface area contributed by atoms with Gasteiger partial charge in [0.15, 0.2) is 0 Å². The van der Waals surface area contributed by atoms with E-state index in [9.17, 15) is 13.7 Å². The van der Waals surface area contributed by atoms with Gasteiger partial charge >= 0.3 is 0 Å². The predicted molar refractivity (Wildman–Crippen MR) is 123 cm³/mol. The molecule has 28 heavy (non-hydrogen) atoms. The molecule has 0 aliphatic carbocycles. The molecule has 0 amide bonds. The molecule has 146 valence electrons. The molecule has 3 rings (SSSR count). The third-order valence-corrected chi connectivity index (χ3v) is 16.8. The second-order valence-electron chi connectivity index (χ2n) is 7.38. The van der Waals surface area contributed by atoms with Gasteiger partial charge in [-0.15, -0.1) is 0 Å². The Bertz CT molecular complexity index is 998. The number of benzene rings is 3. The minimum Gasteiger partial charge on any atom is -0.318 e. The van der Waals surface area contributed by atoms with Crippen LogP contribution in [0.5, 0.6) is 0 Å². The van der Waals surface area contributed by atoms with Gasteiger partial charge in [-0.2, -0.15) is 0 Å². The molecule has 6 heteroatoms. The molecule has 0 fully saturated rings. The predicted octanol–water partition coefficient (Wildman–Crippen LogP) is 5.23. The Balaban J connectivity index is 2.04. The van der Waals surface area contributed by atoms with E-state index in [2.05, 4.69) is 0 Å². The monoisotopic (exact) mass is 430 g/mol. The van der Waals surface area contributed by atoms with Gasteiger partial charge in [-0.05, 0) is 13.3 Å². The number of hydrogen-bond donors (Lipinski definition) is 0. The molecule has 0 N–H and O–H groups in total. The minimum atomic E-state index is -3.17. The first-order chi connectivity index (χ1) is 13.2. The van der Waals surface area contributed by atoms with Crippen molar-refractivity contribution in [3.05, 3.63) is 91.0 Å². The van der Waals surface area contributed by atoms with Crippen LogP contribution in [0.3, 0.4) is 0 Å². The van der Waals surface area contributed by atoms with E-state index in [0.717, 1.165) is 0 Å². The third kappa shape index (κ3) is 4.84. The van der Waals surface area contributed by atoms with Gasteiger partial charge in [0.2, 0.25) is 0 Å². The van der Waals surface area contributed by atoms with Crippen molar-refractivity contribution in [2.24, 2.45) is 0 Å². The van der Waals surface area contributed by atoms with Gasteiger partial charge in [0.25, 0.3) is 0 Å². The summed E-state index contributed by atoms with van der Waals surface area (Å²) in [5.74, 6) is 0.0807. The van der Waals surface area contributed by atoms with Crippen molar-refractivity contribution in [3.63, 3.8) is 0 Å². The Morgan fingerprint density at radius 3 is 1.11 bits per heavy atom. The number of hydrogen-bond acceptors (Lipinski definition) is 3. The first-order valence-electron chi connectivity index (χ1n) is 9.11. The fourth-order valence-corrected chi connectivity index (χ4v) is 16.5. The first-order valence-corrected chi connectivity index (χ1v) is 15.9. The van der Waals surface area contributed by atoms with E-state index in [0.29, 0.717) is 15.9 Å². The van der Waals surface area contributed by atoms with Crippen LogP contribution >= 0.6 is 21.4 Å². The van der Waals surface area contributed by atoms with Crippen molar-refractivity contribution in [1.82, 2.24) is 0 Å². The van der Waals surface area contributed by atoms with E-state index in [-0.39, 0.29) is 11.8 Å². The molecule has 2 unspecified atom stereocenters. The zero-order chi connectivity index (χ0) is 20.3. The van der Waals surface area contributed by atoms with Gasteiger partial charge in [-0.3, -0.25) is 0 Å². The molecule has 0 aliphatic heterocycles. The summed E-state index contributed by atoms with van der Waals surface area (Å²) in [6, 6.07) is 27.5. The average Bonchev–Trinajstić information content (AvgIpc) is 2.69. The summed E-state index contributed by atoms with van der Waals surface area (Å²) >= 11 is 0. The standard InChI is InChI=1S/C22H25O3P3/c1-26(23,20-12-6-3-7-13-20)18-28(25,22-16-10-5-11-17-22)19-27(2,24)21-14-8-4-9-15-21/h3-17H,18-19H2,1-2H3. The van der Waals surface area contributed by atoms with Crippen LogP contribution in [0.4, 0.5) is 0 Å². The first kappa shape index (κ1) is 21.1. The van der Waals surface area contributed by atoms with E-state index >= 15 is 0 Å². The molecular formula is C22H25O3P3. The lowest BCUT2D eigenvalue weighted by Crippen LogP contribution is -2.17. The maximum Gasteiger partial charge on any atom is 0.130 e. The van der Waals surface area contributed by atoms with Gasteiger partial charge in [0, 0.05) is 15.9 Å². The molecule has 0 saturated heterocycles. The molecular weight excluding hydrogens is 405 g/mol. The highest BCUT2D eigenvalue weighted by Crippen LogP contribution is 2.65. The Morgan fingerprint density at radius 2 is 0.786 bits per heavy atom. The SMILES string of the molecule is CP(=O)(CP(=O)(CP(C)(=O)c1ccccc1)c1ccccc1)c1ccccc1. The van der Waals surface area contributed by atoms with Gasteiger partial charge in [-0.1, -0.05) is 91.0 Å². The summed E-state index contributed by atoms with van der Waals surface area (Å²) in [6.45, 7) is 3.36. The molecule has 0 spiro atoms. The highest BCUT2D eigenvalue weighted by Gasteiger charge is 2.38. The molecule has 0 saturated carbocycles. The van der Waals surface area contributed by atoms with Crippen molar-refractivity contribution in [3.8, 4) is 0 Å². The van der Waals surface area contributed by atoms with Crippen LogP contribution in [0.15, 0.2) is 91.0 Å². The van der Waals surface area contributed by atoms with Crippen LogP contribution in [0, 0.1) is 0 Å². The van der Waals surface area contributed by atoms with Gasteiger partial charge in [0.05, 0.1) is 11.8 Å². The quantitative estimate of drug-likeness (QED) is 0.483. The highest BCUT2D eigenvalue weighted by molar-refractivity contribution is 7.93. The summed E-state index contributed by atoms with van der Waals surface area (Å²) in [6.07, 6.45) is 0. The highest BCUT2D eigenvalue weighted by atomic mass is 31.2. The Kier molecular flexibility index (Phi) is 6.31. The maximum absolute atomic E-state index is 14.2. The van der Waals surface area contributed by atoms with E-state index in [1.807, 2.05) is 78.9 Å². The average molecular weight is 430 g/mol. The lowest BCUT2D eigenvalue weighted by molar-refractivity contribution is 0.576. The van der Waals surface area contributed by atoms with Crippen LogP contribution < -0.4 is 15.9 Å². The third-order valence-electron chi connectivity index (χ3n) is 4.83. The minimum absolute atomic E-state index is 0.0404. The van der Waals surface area contributed by atoms with Crippen molar-refractivity contribution >= 4 is 37.3 Å². The maximum atomic E-state index is 14.2. The van der Waals surface area contributed by atoms with Crippen molar-refractivity contribution in [2.75, 3.05) is 25.1 Å². The fraction of sp³-hybridized carbons (Fsp3) is 0.182. The smallest absolute Gasteiger partial charge is 0.130 e. The van der Waals surface area contributed by atoms with E-state index in [4.69, 9.17) is 0 Å². The topological polar surface area (TPSA) is 51.2 Å². The zero-order valence-corrected chi connectivity index (χ0v) is 18.8. The van der Waals surface area contributed by atoms with E-state index in [1.165, 1.54) is 0 Å². The van der Waals surface area contributed by atoms with Crippen molar-refractivity contribution < 1.29 is 13.7 Å². The van der Waals surface area contributed by atoms with Crippen molar-refractivity contribution in [1.29, 1.82) is 0 Å². The van der Waals surface area contributed by atoms with E-state index < -0.39 is 21.4 Å². The summed E-state index contributed by atoms with van der Waals surface area (Å²) in [7, 11) is -8.96. The van der Waals surface area contributed by atoms with Crippen molar-refractivity contribution in [2.45, 2.75) is 0 Å². The summed E-state index contributed by atoms with van der Waals surface area (Å²) in [5, 5.41) is 2.06. The molecule has 3 nitrogen and oxygen atoms in total. The van der Waals surface area contributed by atoms with Crippen LogP contribution in [0.1, 0.15) is 0 Å². The molecule has 0 aromatic heterocycles. The molecule has 3 aromatic rings. The zero-order valence-electron chi connectivity index (χ0n) is 16.1. The lowest BCUT2D eigenvalue weighted by Gasteiger charge is -2.26. The molecule has 3 aromatic carbocycles. The summed E-state index contributed by atoms with van der Waals surface area (Å²) in [4.78, 5) is 0. The Morgan fingerprint density at radius 1 is 0.500 bits per heavy atom. The molecule has 0 bridgehead atoms. The summed E-state index contributed by atoms with van der Waals surface area (Å²) in [5.41, 5.74) is 0. The van der Waals surface area contributed by atoms with Gasteiger partial charge < -0.3 is 13.7 Å². The van der Waals surface area contributed by atoms with Gasteiger partial charge in [0.1, 0.15) is 21.4 Å². The van der Waals surface area contributed by atoms with Crippen LogP contribution in [0.2, 0.25) is 0 Å². The Hall–Kier alpha value is -1.65. The van der Waals surface area contributed by atoms with E-state index in [1.54, 1.807) is 25.5 Å². The second-order valence-corrected chi connectivity index (χ2v) is 17.4. The molecule has 0 heterocycles. The van der Waals surface area contributed by atoms with Crippen LogP contribution in [-0.4, -0.2) is 25.1 Å².